The number of benzene rings is 1. The van der Waals surface area contributed by atoms with E-state index in [-0.39, 0.29) is 18.2 Å². The molecule has 2 aliphatic heterocycles. The summed E-state index contributed by atoms with van der Waals surface area (Å²) in [5.41, 5.74) is 7.18. The van der Waals surface area contributed by atoms with Gasteiger partial charge in [0.25, 0.3) is 0 Å². The van der Waals surface area contributed by atoms with Crippen molar-refractivity contribution in [2.45, 2.75) is 58.7 Å². The van der Waals surface area contributed by atoms with Gasteiger partial charge in [0, 0.05) is 55.2 Å². The lowest BCUT2D eigenvalue weighted by molar-refractivity contribution is 0.0842. The highest BCUT2D eigenvalue weighted by Gasteiger charge is 2.42. The van der Waals surface area contributed by atoms with Crippen molar-refractivity contribution in [3.05, 3.63) is 77.4 Å². The summed E-state index contributed by atoms with van der Waals surface area (Å²) in [6.07, 6.45) is 4.27. The van der Waals surface area contributed by atoms with E-state index in [0.717, 1.165) is 49.9 Å². The van der Waals surface area contributed by atoms with Crippen LogP contribution in [0.5, 0.6) is 0 Å². The average molecular weight is 504 g/mol. The quantitative estimate of drug-likeness (QED) is 0.411. The van der Waals surface area contributed by atoms with Crippen LogP contribution in [-0.4, -0.2) is 51.9 Å². The van der Waals surface area contributed by atoms with Gasteiger partial charge in [0.1, 0.15) is 0 Å². The average Bonchev–Trinajstić information content (AvgIpc) is 3.60. The molecule has 0 unspecified atom stereocenters. The first-order valence-corrected chi connectivity index (χ1v) is 13.6. The van der Waals surface area contributed by atoms with Crippen molar-refractivity contribution in [1.29, 1.82) is 0 Å². The highest BCUT2D eigenvalue weighted by molar-refractivity contribution is 7.80. The van der Waals surface area contributed by atoms with Crippen LogP contribution in [0.15, 0.2) is 54.7 Å². The van der Waals surface area contributed by atoms with Crippen molar-refractivity contribution in [1.82, 2.24) is 19.8 Å². The van der Waals surface area contributed by atoms with Gasteiger partial charge in [-0.25, -0.2) is 0 Å². The van der Waals surface area contributed by atoms with Crippen LogP contribution in [0, 0.1) is 13.8 Å². The van der Waals surface area contributed by atoms with Crippen molar-refractivity contribution in [2.75, 3.05) is 31.1 Å². The minimum absolute atomic E-state index is 0.0147. The summed E-state index contributed by atoms with van der Waals surface area (Å²) < 4.78 is 8.38. The second-order valence-electron chi connectivity index (χ2n) is 9.76. The summed E-state index contributed by atoms with van der Waals surface area (Å²) in [6.45, 7) is 12.5. The fourth-order valence-corrected chi connectivity index (χ4v) is 6.15. The van der Waals surface area contributed by atoms with Gasteiger partial charge in [-0.05, 0) is 101 Å². The molecule has 0 bridgehead atoms. The molecule has 0 radical (unpaired) electrons. The third-order valence-corrected chi connectivity index (χ3v) is 8.00. The van der Waals surface area contributed by atoms with Gasteiger partial charge < -0.3 is 24.4 Å². The van der Waals surface area contributed by atoms with E-state index in [0.29, 0.717) is 0 Å². The van der Waals surface area contributed by atoms with E-state index in [9.17, 15) is 0 Å². The number of ether oxygens (including phenoxy) is 1. The molecular formula is C29H37N5OS. The van der Waals surface area contributed by atoms with Crippen molar-refractivity contribution in [2.24, 2.45) is 0 Å². The van der Waals surface area contributed by atoms with Crippen LogP contribution in [0.1, 0.15) is 61.4 Å². The molecule has 5 rings (SSSR count). The van der Waals surface area contributed by atoms with Crippen molar-refractivity contribution in [3.8, 4) is 5.69 Å². The van der Waals surface area contributed by atoms with E-state index in [4.69, 9.17) is 21.9 Å². The standard InChI is InChI=1S/C29H37N5OS/c1-5-32(6-2)22-12-14-23(15-13-22)34-20(3)18-25(21(34)4)28-27(26-11-7-8-16-30-26)31-29(36)33(28)19-24-10-9-17-35-24/h7-8,11-16,18,24,27-28H,5-6,9-10,17,19H2,1-4H3,(H,31,36)/t24-,27+,28-/m1/s1. The van der Waals surface area contributed by atoms with Gasteiger partial charge in [0.2, 0.25) is 0 Å². The molecule has 3 atom stereocenters. The number of hydrogen-bond donors (Lipinski definition) is 1. The number of aromatic nitrogens is 2. The van der Waals surface area contributed by atoms with Gasteiger partial charge in [-0.1, -0.05) is 6.07 Å². The predicted octanol–water partition coefficient (Wildman–Crippen LogP) is 5.49. The molecule has 1 aromatic carbocycles. The minimum atomic E-state index is -0.0147. The first-order valence-electron chi connectivity index (χ1n) is 13.2. The molecule has 4 heterocycles. The second kappa shape index (κ2) is 10.6. The van der Waals surface area contributed by atoms with Gasteiger partial charge in [-0.15, -0.1) is 0 Å². The number of nitrogens with one attached hydrogen (secondary N) is 1. The maximum absolute atomic E-state index is 6.01. The van der Waals surface area contributed by atoms with Crippen molar-refractivity contribution >= 4 is 23.0 Å². The van der Waals surface area contributed by atoms with Crippen molar-refractivity contribution < 1.29 is 4.74 Å². The number of thiocarbonyl (C=S) groups is 1. The molecule has 1 N–H and O–H groups in total. The molecule has 2 aliphatic rings. The Kier molecular flexibility index (Phi) is 7.30. The van der Waals surface area contributed by atoms with Gasteiger partial charge >= 0.3 is 0 Å². The highest BCUT2D eigenvalue weighted by Crippen LogP contribution is 2.42. The zero-order valence-corrected chi connectivity index (χ0v) is 22.6. The number of hydrogen-bond acceptors (Lipinski definition) is 4. The number of pyridine rings is 1. The lowest BCUT2D eigenvalue weighted by Gasteiger charge is -2.30. The van der Waals surface area contributed by atoms with E-state index < -0.39 is 0 Å². The largest absolute Gasteiger partial charge is 0.376 e. The zero-order chi connectivity index (χ0) is 25.2. The molecule has 6 nitrogen and oxygen atoms in total. The summed E-state index contributed by atoms with van der Waals surface area (Å²) in [4.78, 5) is 9.41. The highest BCUT2D eigenvalue weighted by atomic mass is 32.1. The number of anilines is 1. The molecule has 0 spiro atoms. The zero-order valence-electron chi connectivity index (χ0n) is 21.8. The predicted molar refractivity (Wildman–Crippen MR) is 150 cm³/mol. The van der Waals surface area contributed by atoms with E-state index in [1.54, 1.807) is 0 Å². The molecule has 0 amide bonds. The van der Waals surface area contributed by atoms with Crippen LogP contribution < -0.4 is 10.2 Å². The Morgan fingerprint density at radius 2 is 1.89 bits per heavy atom. The Bertz CT molecular complexity index is 1180. The van der Waals surface area contributed by atoms with E-state index in [2.05, 4.69) is 83.8 Å². The summed E-state index contributed by atoms with van der Waals surface area (Å²) in [5.74, 6) is 0. The maximum atomic E-state index is 6.01. The molecule has 36 heavy (non-hydrogen) atoms. The van der Waals surface area contributed by atoms with Crippen molar-refractivity contribution in [3.63, 3.8) is 0 Å². The van der Waals surface area contributed by atoms with Crippen LogP contribution in [0.25, 0.3) is 5.69 Å². The van der Waals surface area contributed by atoms with Crippen LogP contribution in [0.3, 0.4) is 0 Å². The van der Waals surface area contributed by atoms with E-state index >= 15 is 0 Å². The molecule has 0 saturated carbocycles. The molecule has 0 aliphatic carbocycles. The van der Waals surface area contributed by atoms with Gasteiger partial charge in [-0.2, -0.15) is 0 Å². The fraction of sp³-hybridized carbons (Fsp3) is 0.448. The fourth-order valence-electron chi connectivity index (χ4n) is 5.83. The Morgan fingerprint density at radius 3 is 2.53 bits per heavy atom. The van der Waals surface area contributed by atoms with Gasteiger partial charge in [0.15, 0.2) is 5.11 Å². The molecule has 3 aromatic rings. The third kappa shape index (κ3) is 4.62. The summed E-state index contributed by atoms with van der Waals surface area (Å²) in [7, 11) is 0. The Labute approximate surface area is 220 Å². The Balaban J connectivity index is 1.53. The molecular weight excluding hydrogens is 466 g/mol. The van der Waals surface area contributed by atoms with Crippen LogP contribution in [0.4, 0.5) is 5.69 Å². The topological polar surface area (TPSA) is 45.6 Å². The summed E-state index contributed by atoms with van der Waals surface area (Å²) >= 11 is 5.89. The van der Waals surface area contributed by atoms with Crippen LogP contribution in [0.2, 0.25) is 0 Å². The number of nitrogens with zero attached hydrogens (tertiary/aromatic N) is 4. The van der Waals surface area contributed by atoms with Gasteiger partial charge in [-0.3, -0.25) is 4.98 Å². The molecule has 2 saturated heterocycles. The van der Waals surface area contributed by atoms with Crippen LogP contribution >= 0.6 is 12.2 Å². The smallest absolute Gasteiger partial charge is 0.170 e. The Morgan fingerprint density at radius 1 is 1.11 bits per heavy atom. The van der Waals surface area contributed by atoms with Crippen LogP contribution in [-0.2, 0) is 4.74 Å². The molecule has 2 fully saturated rings. The lowest BCUT2D eigenvalue weighted by Crippen LogP contribution is -2.36. The SMILES string of the molecule is CCN(CC)c1ccc(-n2c(C)cc([C@@H]3[C@H](c4ccccn4)NC(=S)N3C[C@H]3CCCO3)c2C)cc1. The summed E-state index contributed by atoms with van der Waals surface area (Å²) in [6, 6.07) is 17.4. The Hall–Kier alpha value is -2.90. The first kappa shape index (κ1) is 24.8. The number of rotatable bonds is 8. The molecule has 2 aromatic heterocycles. The van der Waals surface area contributed by atoms with E-state index in [1.807, 2.05) is 18.3 Å². The minimum Gasteiger partial charge on any atom is -0.376 e. The monoisotopic (exact) mass is 503 g/mol. The van der Waals surface area contributed by atoms with Gasteiger partial charge in [0.05, 0.1) is 23.9 Å². The lowest BCUT2D eigenvalue weighted by atomic mass is 9.96. The molecule has 7 heteroatoms. The summed E-state index contributed by atoms with van der Waals surface area (Å²) in [5, 5.41) is 4.37. The van der Waals surface area contributed by atoms with E-state index in [1.165, 1.54) is 28.3 Å². The number of aryl methyl sites for hydroxylation is 1. The normalized spacial score (nSPS) is 21.7. The second-order valence-corrected chi connectivity index (χ2v) is 10.2. The maximum Gasteiger partial charge on any atom is 0.170 e. The third-order valence-electron chi connectivity index (χ3n) is 7.65. The molecule has 190 valence electrons. The first-order chi connectivity index (χ1) is 17.5.